The molecule has 0 aliphatic rings. The fraction of sp³-hybridized carbons (Fsp3) is 0.273. The minimum atomic E-state index is -0.0562. The SMILES string of the molecule is CCN(CC)CC(=O)c1cc(C(=O)c2cccc3ccccc23)cn1C. The third-order valence-corrected chi connectivity index (χ3v) is 4.85. The molecule has 0 saturated carbocycles. The van der Waals surface area contributed by atoms with Gasteiger partial charge >= 0.3 is 0 Å². The van der Waals surface area contributed by atoms with Crippen molar-refractivity contribution in [1.29, 1.82) is 0 Å². The van der Waals surface area contributed by atoms with Gasteiger partial charge in [0.15, 0.2) is 11.6 Å². The second-order valence-electron chi connectivity index (χ2n) is 6.47. The highest BCUT2D eigenvalue weighted by atomic mass is 16.1. The number of ketones is 2. The first kappa shape index (κ1) is 18.1. The molecule has 0 amide bonds. The van der Waals surface area contributed by atoms with Crippen molar-refractivity contribution in [3.8, 4) is 0 Å². The number of Topliss-reactive ketones (excluding diaryl/α,β-unsaturated/α-hetero) is 1. The number of aromatic nitrogens is 1. The van der Waals surface area contributed by atoms with Crippen LogP contribution in [0.2, 0.25) is 0 Å². The third kappa shape index (κ3) is 3.46. The summed E-state index contributed by atoms with van der Waals surface area (Å²) in [6, 6.07) is 15.3. The molecule has 0 spiro atoms. The molecule has 4 nitrogen and oxygen atoms in total. The smallest absolute Gasteiger partial charge is 0.195 e. The molecule has 0 atom stereocenters. The highest BCUT2D eigenvalue weighted by Crippen LogP contribution is 2.22. The lowest BCUT2D eigenvalue weighted by Gasteiger charge is -2.16. The second-order valence-corrected chi connectivity index (χ2v) is 6.47. The summed E-state index contributed by atoms with van der Waals surface area (Å²) < 4.78 is 1.75. The largest absolute Gasteiger partial charge is 0.347 e. The van der Waals surface area contributed by atoms with E-state index >= 15 is 0 Å². The number of hydrogen-bond acceptors (Lipinski definition) is 3. The number of likely N-dealkylation sites (N-methyl/N-ethyl adjacent to an activating group) is 1. The quantitative estimate of drug-likeness (QED) is 0.608. The molecule has 0 aliphatic carbocycles. The van der Waals surface area contributed by atoms with Crippen LogP contribution in [0.4, 0.5) is 0 Å². The zero-order valence-corrected chi connectivity index (χ0v) is 15.5. The van der Waals surface area contributed by atoms with E-state index in [-0.39, 0.29) is 11.6 Å². The number of fused-ring (bicyclic) bond motifs is 1. The number of nitrogens with zero attached hydrogens (tertiary/aromatic N) is 2. The molecule has 2 aromatic carbocycles. The molecule has 1 heterocycles. The molecule has 3 rings (SSSR count). The Morgan fingerprint density at radius 2 is 1.69 bits per heavy atom. The standard InChI is InChI=1S/C22H24N2O2/c1-4-24(5-2)15-21(25)20-13-17(14-23(20)3)22(26)19-12-8-10-16-9-6-7-11-18(16)19/h6-14H,4-5,15H2,1-3H3. The van der Waals surface area contributed by atoms with E-state index in [4.69, 9.17) is 0 Å². The molecule has 3 aromatic rings. The van der Waals surface area contributed by atoms with Crippen LogP contribution in [0.1, 0.15) is 40.3 Å². The Balaban J connectivity index is 1.93. The molecule has 0 aliphatic heterocycles. The Hall–Kier alpha value is -2.72. The van der Waals surface area contributed by atoms with Crippen LogP contribution < -0.4 is 0 Å². The van der Waals surface area contributed by atoms with E-state index < -0.39 is 0 Å². The normalized spacial score (nSPS) is 11.2. The van der Waals surface area contributed by atoms with Gasteiger partial charge in [0, 0.05) is 24.4 Å². The Morgan fingerprint density at radius 3 is 2.42 bits per heavy atom. The van der Waals surface area contributed by atoms with Crippen LogP contribution in [0.5, 0.6) is 0 Å². The van der Waals surface area contributed by atoms with Gasteiger partial charge < -0.3 is 4.57 Å². The molecule has 0 N–H and O–H groups in total. The number of hydrogen-bond donors (Lipinski definition) is 0. The summed E-state index contributed by atoms with van der Waals surface area (Å²) in [6.07, 6.45) is 1.75. The summed E-state index contributed by atoms with van der Waals surface area (Å²) in [5.74, 6) is -0.0209. The first-order valence-electron chi connectivity index (χ1n) is 8.99. The summed E-state index contributed by atoms with van der Waals surface area (Å²) >= 11 is 0. The Kier molecular flexibility index (Phi) is 5.33. The van der Waals surface area contributed by atoms with Crippen LogP contribution in [0.3, 0.4) is 0 Å². The molecule has 4 heteroatoms. The van der Waals surface area contributed by atoms with Gasteiger partial charge in [-0.25, -0.2) is 0 Å². The average molecular weight is 348 g/mol. The lowest BCUT2D eigenvalue weighted by Crippen LogP contribution is -2.30. The molecule has 0 radical (unpaired) electrons. The lowest BCUT2D eigenvalue weighted by atomic mass is 9.98. The minimum Gasteiger partial charge on any atom is -0.347 e. The zero-order chi connectivity index (χ0) is 18.7. The van der Waals surface area contributed by atoms with Crippen molar-refractivity contribution in [1.82, 2.24) is 9.47 Å². The molecular formula is C22H24N2O2. The Bertz CT molecular complexity index is 946. The van der Waals surface area contributed by atoms with E-state index in [0.717, 1.165) is 23.9 Å². The van der Waals surface area contributed by atoms with E-state index in [1.54, 1.807) is 16.8 Å². The summed E-state index contributed by atoms with van der Waals surface area (Å²) in [6.45, 7) is 6.10. The molecule has 0 bridgehead atoms. The molecule has 134 valence electrons. The average Bonchev–Trinajstić information content (AvgIpc) is 3.06. The van der Waals surface area contributed by atoms with Crippen molar-refractivity contribution in [3.05, 3.63) is 71.5 Å². The van der Waals surface area contributed by atoms with Gasteiger partial charge in [0.2, 0.25) is 0 Å². The predicted molar refractivity (Wildman–Crippen MR) is 105 cm³/mol. The number of rotatable bonds is 7. The summed E-state index contributed by atoms with van der Waals surface area (Å²) in [7, 11) is 1.81. The van der Waals surface area contributed by atoms with Gasteiger partial charge in [-0.15, -0.1) is 0 Å². The van der Waals surface area contributed by atoms with E-state index in [9.17, 15) is 9.59 Å². The first-order valence-corrected chi connectivity index (χ1v) is 8.99. The van der Waals surface area contributed by atoms with Crippen LogP contribution in [0, 0.1) is 0 Å². The first-order chi connectivity index (χ1) is 12.5. The van der Waals surface area contributed by atoms with Gasteiger partial charge in [-0.3, -0.25) is 14.5 Å². The number of benzene rings is 2. The van der Waals surface area contributed by atoms with Crippen LogP contribution in [0.15, 0.2) is 54.7 Å². The Labute approximate surface area is 154 Å². The van der Waals surface area contributed by atoms with Crippen LogP contribution in [0.25, 0.3) is 10.8 Å². The molecule has 26 heavy (non-hydrogen) atoms. The minimum absolute atomic E-state index is 0.0353. The Morgan fingerprint density at radius 1 is 1.00 bits per heavy atom. The highest BCUT2D eigenvalue weighted by Gasteiger charge is 2.19. The maximum absolute atomic E-state index is 13.0. The molecule has 0 saturated heterocycles. The van der Waals surface area contributed by atoms with E-state index in [0.29, 0.717) is 23.4 Å². The molecular weight excluding hydrogens is 324 g/mol. The second kappa shape index (κ2) is 7.67. The van der Waals surface area contributed by atoms with Crippen molar-refractivity contribution < 1.29 is 9.59 Å². The maximum Gasteiger partial charge on any atom is 0.195 e. The van der Waals surface area contributed by atoms with Crippen molar-refractivity contribution in [2.24, 2.45) is 7.05 Å². The van der Waals surface area contributed by atoms with Crippen molar-refractivity contribution >= 4 is 22.3 Å². The lowest BCUT2D eigenvalue weighted by molar-refractivity contribution is 0.0929. The topological polar surface area (TPSA) is 42.3 Å². The van der Waals surface area contributed by atoms with Gasteiger partial charge in [-0.1, -0.05) is 56.3 Å². The predicted octanol–water partition coefficient (Wildman–Crippen LogP) is 3.93. The molecule has 1 aromatic heterocycles. The van der Waals surface area contributed by atoms with E-state index in [2.05, 4.69) is 4.90 Å². The van der Waals surface area contributed by atoms with Gasteiger partial charge in [-0.2, -0.15) is 0 Å². The maximum atomic E-state index is 13.0. The molecule has 0 unspecified atom stereocenters. The fourth-order valence-electron chi connectivity index (χ4n) is 3.28. The summed E-state index contributed by atoms with van der Waals surface area (Å²) in [4.78, 5) is 27.7. The fourth-order valence-corrected chi connectivity index (χ4v) is 3.28. The van der Waals surface area contributed by atoms with Gasteiger partial charge in [0.25, 0.3) is 0 Å². The summed E-state index contributed by atoms with van der Waals surface area (Å²) in [5, 5.41) is 1.96. The third-order valence-electron chi connectivity index (χ3n) is 4.85. The zero-order valence-electron chi connectivity index (χ0n) is 15.5. The monoisotopic (exact) mass is 348 g/mol. The van der Waals surface area contributed by atoms with E-state index in [1.165, 1.54) is 0 Å². The van der Waals surface area contributed by atoms with Gasteiger partial charge in [0.1, 0.15) is 0 Å². The van der Waals surface area contributed by atoms with Crippen molar-refractivity contribution in [2.75, 3.05) is 19.6 Å². The highest BCUT2D eigenvalue weighted by molar-refractivity contribution is 6.17. The number of aryl methyl sites for hydroxylation is 1. The molecule has 0 fully saturated rings. The van der Waals surface area contributed by atoms with E-state index in [1.807, 2.05) is 63.4 Å². The van der Waals surface area contributed by atoms with Crippen LogP contribution in [-0.2, 0) is 7.05 Å². The van der Waals surface area contributed by atoms with Gasteiger partial charge in [-0.05, 0) is 29.9 Å². The summed E-state index contributed by atoms with van der Waals surface area (Å²) in [5.41, 5.74) is 1.78. The van der Waals surface area contributed by atoms with Crippen LogP contribution >= 0.6 is 0 Å². The van der Waals surface area contributed by atoms with Gasteiger partial charge in [0.05, 0.1) is 12.2 Å². The van der Waals surface area contributed by atoms with Crippen LogP contribution in [-0.4, -0.2) is 40.7 Å². The van der Waals surface area contributed by atoms with Crippen molar-refractivity contribution in [3.63, 3.8) is 0 Å². The number of carbonyl (C=O) groups excluding carboxylic acids is 2. The van der Waals surface area contributed by atoms with Crippen molar-refractivity contribution in [2.45, 2.75) is 13.8 Å². The number of carbonyl (C=O) groups is 2.